The summed E-state index contributed by atoms with van der Waals surface area (Å²) in [6.45, 7) is 6.84. The van der Waals surface area contributed by atoms with Crippen LogP contribution in [0.15, 0.2) is 18.2 Å². The van der Waals surface area contributed by atoms with Gasteiger partial charge in [0.25, 0.3) is 0 Å². The molecule has 3 N–H and O–H groups in total. The lowest BCUT2D eigenvalue weighted by Gasteiger charge is -2.32. The number of aryl methyl sites for hydroxylation is 1. The molecule has 92 valence electrons. The molecule has 0 unspecified atom stereocenters. The molecule has 0 saturated heterocycles. The quantitative estimate of drug-likeness (QED) is 0.819. The van der Waals surface area contributed by atoms with Crippen LogP contribution in [0.5, 0.6) is 0 Å². The molecule has 3 nitrogen and oxygen atoms in total. The Balaban J connectivity index is 2.95. The normalized spacial score (nSPS) is 11.0. The molecule has 1 aromatic carbocycles. The van der Waals surface area contributed by atoms with Crippen LogP contribution in [0.3, 0.4) is 0 Å². The summed E-state index contributed by atoms with van der Waals surface area (Å²) in [5.74, 6) is 0. The fourth-order valence-corrected chi connectivity index (χ4v) is 1.94. The first-order valence-electron chi connectivity index (χ1n) is 6.09. The molecule has 0 spiro atoms. The highest BCUT2D eigenvalue weighted by atomic mass is 15.0. The van der Waals surface area contributed by atoms with E-state index in [1.807, 2.05) is 25.1 Å². The lowest BCUT2D eigenvalue weighted by atomic mass is 9.92. The average Bonchev–Trinajstić information content (AvgIpc) is 2.36. The van der Waals surface area contributed by atoms with Gasteiger partial charge >= 0.3 is 0 Å². The van der Waals surface area contributed by atoms with Crippen molar-refractivity contribution in [2.45, 2.75) is 39.2 Å². The van der Waals surface area contributed by atoms with Gasteiger partial charge in [0.15, 0.2) is 0 Å². The largest absolute Gasteiger partial charge is 0.378 e. The molecule has 17 heavy (non-hydrogen) atoms. The van der Waals surface area contributed by atoms with Crippen molar-refractivity contribution in [1.29, 1.82) is 5.26 Å². The van der Waals surface area contributed by atoms with E-state index in [2.05, 4.69) is 25.2 Å². The predicted molar refractivity (Wildman–Crippen MR) is 71.9 cm³/mol. The number of hydrogen-bond acceptors (Lipinski definition) is 3. The second-order valence-electron chi connectivity index (χ2n) is 4.46. The topological polar surface area (TPSA) is 61.8 Å². The van der Waals surface area contributed by atoms with Crippen molar-refractivity contribution >= 4 is 5.69 Å². The van der Waals surface area contributed by atoms with Crippen LogP contribution < -0.4 is 11.1 Å². The van der Waals surface area contributed by atoms with E-state index in [0.29, 0.717) is 6.54 Å². The SMILES string of the molecule is CCC(CC)(CN)Nc1ccc(C#N)c(C)c1. The number of nitriles is 1. The van der Waals surface area contributed by atoms with Crippen LogP contribution >= 0.6 is 0 Å². The third-order valence-electron chi connectivity index (χ3n) is 3.50. The number of nitrogens with one attached hydrogen (secondary N) is 1. The zero-order chi connectivity index (χ0) is 12.9. The molecule has 0 aliphatic carbocycles. The molecule has 0 amide bonds. The number of rotatable bonds is 5. The van der Waals surface area contributed by atoms with E-state index in [4.69, 9.17) is 11.0 Å². The first-order chi connectivity index (χ1) is 8.10. The van der Waals surface area contributed by atoms with Gasteiger partial charge in [-0.15, -0.1) is 0 Å². The van der Waals surface area contributed by atoms with Crippen molar-refractivity contribution in [1.82, 2.24) is 0 Å². The van der Waals surface area contributed by atoms with Crippen molar-refractivity contribution in [2.75, 3.05) is 11.9 Å². The van der Waals surface area contributed by atoms with Gasteiger partial charge in [-0.1, -0.05) is 13.8 Å². The van der Waals surface area contributed by atoms with Crippen LogP contribution in [0.25, 0.3) is 0 Å². The first kappa shape index (κ1) is 13.5. The van der Waals surface area contributed by atoms with Gasteiger partial charge in [-0.25, -0.2) is 0 Å². The highest BCUT2D eigenvalue weighted by Gasteiger charge is 2.23. The van der Waals surface area contributed by atoms with E-state index in [1.165, 1.54) is 0 Å². The number of benzene rings is 1. The third kappa shape index (κ3) is 2.98. The molecule has 0 fully saturated rings. The standard InChI is InChI=1S/C14H21N3/c1-4-14(5-2,10-16)17-13-7-6-12(9-15)11(3)8-13/h6-8,17H,4-5,10,16H2,1-3H3. The number of anilines is 1. The maximum atomic E-state index is 8.89. The van der Waals surface area contributed by atoms with Crippen LogP contribution in [0, 0.1) is 18.3 Å². The van der Waals surface area contributed by atoms with E-state index >= 15 is 0 Å². The molecule has 0 aliphatic rings. The summed E-state index contributed by atoms with van der Waals surface area (Å²) in [5, 5.41) is 12.4. The van der Waals surface area contributed by atoms with Gasteiger partial charge in [-0.3, -0.25) is 0 Å². The van der Waals surface area contributed by atoms with Gasteiger partial charge < -0.3 is 11.1 Å². The molecular weight excluding hydrogens is 210 g/mol. The lowest BCUT2D eigenvalue weighted by Crippen LogP contribution is -2.44. The molecule has 0 heterocycles. The summed E-state index contributed by atoms with van der Waals surface area (Å²) in [5.41, 5.74) is 8.57. The van der Waals surface area contributed by atoms with E-state index in [0.717, 1.165) is 29.7 Å². The van der Waals surface area contributed by atoms with Crippen LogP contribution in [-0.4, -0.2) is 12.1 Å². The summed E-state index contributed by atoms with van der Waals surface area (Å²) in [6.07, 6.45) is 1.97. The second-order valence-corrected chi connectivity index (χ2v) is 4.46. The molecule has 1 rings (SSSR count). The van der Waals surface area contributed by atoms with E-state index in [-0.39, 0.29) is 5.54 Å². The Hall–Kier alpha value is -1.53. The smallest absolute Gasteiger partial charge is 0.0994 e. The molecule has 1 aromatic rings. The maximum absolute atomic E-state index is 8.89. The molecule has 0 aliphatic heterocycles. The van der Waals surface area contributed by atoms with Crippen molar-refractivity contribution in [3.63, 3.8) is 0 Å². The van der Waals surface area contributed by atoms with Crippen molar-refractivity contribution < 1.29 is 0 Å². The highest BCUT2D eigenvalue weighted by molar-refractivity contribution is 5.53. The minimum absolute atomic E-state index is 0.0411. The minimum atomic E-state index is -0.0411. The Kier molecular flexibility index (Phi) is 4.53. The van der Waals surface area contributed by atoms with Crippen molar-refractivity contribution in [2.24, 2.45) is 5.73 Å². The number of nitrogens with two attached hydrogens (primary N) is 1. The Morgan fingerprint density at radius 3 is 2.41 bits per heavy atom. The highest BCUT2D eigenvalue weighted by Crippen LogP contribution is 2.23. The molecule has 0 aromatic heterocycles. The van der Waals surface area contributed by atoms with Crippen LogP contribution in [0.4, 0.5) is 5.69 Å². The maximum Gasteiger partial charge on any atom is 0.0994 e. The van der Waals surface area contributed by atoms with Gasteiger partial charge in [-0.05, 0) is 43.5 Å². The van der Waals surface area contributed by atoms with Crippen molar-refractivity contribution in [3.8, 4) is 6.07 Å². The summed E-state index contributed by atoms with van der Waals surface area (Å²) < 4.78 is 0. The van der Waals surface area contributed by atoms with Gasteiger partial charge in [0, 0.05) is 17.8 Å². The third-order valence-corrected chi connectivity index (χ3v) is 3.50. The molecule has 0 bridgehead atoms. The predicted octanol–water partition coefficient (Wildman–Crippen LogP) is 2.80. The van der Waals surface area contributed by atoms with Crippen LogP contribution in [0.1, 0.15) is 37.8 Å². The van der Waals surface area contributed by atoms with Crippen molar-refractivity contribution in [3.05, 3.63) is 29.3 Å². The first-order valence-corrected chi connectivity index (χ1v) is 6.09. The molecule has 0 radical (unpaired) electrons. The van der Waals surface area contributed by atoms with Gasteiger partial charge in [-0.2, -0.15) is 5.26 Å². The fourth-order valence-electron chi connectivity index (χ4n) is 1.94. The van der Waals surface area contributed by atoms with Gasteiger partial charge in [0.2, 0.25) is 0 Å². The molecule has 3 heteroatoms. The van der Waals surface area contributed by atoms with Crippen LogP contribution in [-0.2, 0) is 0 Å². The average molecular weight is 231 g/mol. The summed E-state index contributed by atoms with van der Waals surface area (Å²) in [6, 6.07) is 7.98. The van der Waals surface area contributed by atoms with E-state index < -0.39 is 0 Å². The summed E-state index contributed by atoms with van der Waals surface area (Å²) in [4.78, 5) is 0. The Labute approximate surface area is 104 Å². The number of nitrogens with zero attached hydrogens (tertiary/aromatic N) is 1. The number of hydrogen-bond donors (Lipinski definition) is 2. The zero-order valence-electron chi connectivity index (χ0n) is 10.9. The van der Waals surface area contributed by atoms with Crippen LogP contribution in [0.2, 0.25) is 0 Å². The molecule has 0 atom stereocenters. The minimum Gasteiger partial charge on any atom is -0.378 e. The van der Waals surface area contributed by atoms with Gasteiger partial charge in [0.05, 0.1) is 11.6 Å². The zero-order valence-corrected chi connectivity index (χ0v) is 10.9. The van der Waals surface area contributed by atoms with E-state index in [1.54, 1.807) is 0 Å². The van der Waals surface area contributed by atoms with Gasteiger partial charge in [0.1, 0.15) is 0 Å². The summed E-state index contributed by atoms with van der Waals surface area (Å²) in [7, 11) is 0. The lowest BCUT2D eigenvalue weighted by molar-refractivity contribution is 0.445. The molecular formula is C14H21N3. The Morgan fingerprint density at radius 1 is 1.35 bits per heavy atom. The van der Waals surface area contributed by atoms with E-state index in [9.17, 15) is 0 Å². The monoisotopic (exact) mass is 231 g/mol. The second kappa shape index (κ2) is 5.70. The fraction of sp³-hybridized carbons (Fsp3) is 0.500. The molecule has 0 saturated carbocycles. The Morgan fingerprint density at radius 2 is 2.00 bits per heavy atom. The Bertz CT molecular complexity index is 406. The summed E-state index contributed by atoms with van der Waals surface area (Å²) >= 11 is 0.